The molecule has 0 amide bonds. The van der Waals surface area contributed by atoms with E-state index in [1.807, 2.05) is 34.7 Å². The predicted octanol–water partition coefficient (Wildman–Crippen LogP) is 5.41. The standard InChI is InChI=1S/C24H19FN4OS2/c25-16-12-10-15(11-13-16)14-31-24-27-26-23-28(17-6-2-1-3-7-17)21(30)20-18-8-4-5-9-19(18)32-22(20)29(23)24/h1-3,6-7,10-13H,4-5,8-9,14H2. The lowest BCUT2D eigenvalue weighted by Gasteiger charge is -2.12. The van der Waals surface area contributed by atoms with Crippen LogP contribution in [0, 0.1) is 5.82 Å². The lowest BCUT2D eigenvalue weighted by atomic mass is 9.97. The number of aromatic nitrogens is 4. The topological polar surface area (TPSA) is 52.2 Å². The van der Waals surface area contributed by atoms with Crippen molar-refractivity contribution in [2.75, 3.05) is 0 Å². The molecule has 160 valence electrons. The quantitative estimate of drug-likeness (QED) is 0.335. The van der Waals surface area contributed by atoms with Gasteiger partial charge in [-0.1, -0.05) is 42.1 Å². The van der Waals surface area contributed by atoms with Gasteiger partial charge in [-0.05, 0) is 61.1 Å². The first kappa shape index (κ1) is 19.7. The second-order valence-corrected chi connectivity index (χ2v) is 9.93. The van der Waals surface area contributed by atoms with Crippen molar-refractivity contribution >= 4 is 39.1 Å². The molecule has 0 fully saturated rings. The van der Waals surface area contributed by atoms with Crippen LogP contribution in [0.15, 0.2) is 64.5 Å². The highest BCUT2D eigenvalue weighted by Crippen LogP contribution is 2.37. The van der Waals surface area contributed by atoms with E-state index >= 15 is 0 Å². The summed E-state index contributed by atoms with van der Waals surface area (Å²) in [6.45, 7) is 0. The van der Waals surface area contributed by atoms with Crippen LogP contribution in [0.3, 0.4) is 0 Å². The minimum atomic E-state index is -0.246. The van der Waals surface area contributed by atoms with E-state index in [-0.39, 0.29) is 11.4 Å². The zero-order valence-corrected chi connectivity index (χ0v) is 18.8. The molecule has 0 unspecified atom stereocenters. The Morgan fingerprint density at radius 3 is 2.59 bits per heavy atom. The Labute approximate surface area is 191 Å². The fraction of sp³-hybridized carbons (Fsp3) is 0.208. The van der Waals surface area contributed by atoms with E-state index in [1.54, 1.807) is 39.8 Å². The molecule has 3 heterocycles. The van der Waals surface area contributed by atoms with Crippen LogP contribution in [0.2, 0.25) is 0 Å². The highest BCUT2D eigenvalue weighted by Gasteiger charge is 2.25. The van der Waals surface area contributed by atoms with Crippen molar-refractivity contribution in [3.63, 3.8) is 0 Å². The smallest absolute Gasteiger partial charge is 0.268 e. The maximum Gasteiger partial charge on any atom is 0.268 e. The van der Waals surface area contributed by atoms with Gasteiger partial charge in [-0.3, -0.25) is 4.79 Å². The summed E-state index contributed by atoms with van der Waals surface area (Å²) in [6.07, 6.45) is 4.21. The fourth-order valence-corrected chi connectivity index (χ4v) is 6.67. The number of fused-ring (bicyclic) bond motifs is 5. The third-order valence-corrected chi connectivity index (χ3v) is 8.16. The minimum Gasteiger partial charge on any atom is -0.268 e. The molecule has 8 heteroatoms. The van der Waals surface area contributed by atoms with E-state index in [4.69, 9.17) is 0 Å². The summed E-state index contributed by atoms with van der Waals surface area (Å²) in [4.78, 5) is 16.0. The van der Waals surface area contributed by atoms with Gasteiger partial charge < -0.3 is 0 Å². The average molecular weight is 463 g/mol. The first-order valence-corrected chi connectivity index (χ1v) is 12.4. The number of para-hydroxylation sites is 1. The largest absolute Gasteiger partial charge is 0.268 e. The van der Waals surface area contributed by atoms with Crippen LogP contribution in [-0.2, 0) is 18.6 Å². The third kappa shape index (κ3) is 3.17. The minimum absolute atomic E-state index is 0.0272. The maximum absolute atomic E-state index is 13.7. The van der Waals surface area contributed by atoms with Gasteiger partial charge in [0.15, 0.2) is 5.16 Å². The number of hydrogen-bond acceptors (Lipinski definition) is 5. The highest BCUT2D eigenvalue weighted by molar-refractivity contribution is 7.98. The molecule has 0 atom stereocenters. The molecule has 3 aromatic heterocycles. The molecular formula is C24H19FN4OS2. The van der Waals surface area contributed by atoms with E-state index < -0.39 is 0 Å². The molecule has 32 heavy (non-hydrogen) atoms. The summed E-state index contributed by atoms with van der Waals surface area (Å²) in [5, 5.41) is 10.4. The molecule has 0 bridgehead atoms. The highest BCUT2D eigenvalue weighted by atomic mass is 32.2. The lowest BCUT2D eigenvalue weighted by Crippen LogP contribution is -2.22. The molecule has 5 aromatic rings. The van der Waals surface area contributed by atoms with Crippen LogP contribution in [-0.4, -0.2) is 19.2 Å². The Kier molecular flexibility index (Phi) is 4.84. The molecule has 0 radical (unpaired) electrons. The Morgan fingerprint density at radius 1 is 1.00 bits per heavy atom. The lowest BCUT2D eigenvalue weighted by molar-refractivity contribution is 0.627. The summed E-state index contributed by atoms with van der Waals surface area (Å²) >= 11 is 3.24. The number of benzene rings is 2. The van der Waals surface area contributed by atoms with Crippen LogP contribution in [0.25, 0.3) is 21.7 Å². The van der Waals surface area contributed by atoms with Crippen LogP contribution in [0.1, 0.15) is 28.8 Å². The van der Waals surface area contributed by atoms with Gasteiger partial charge in [-0.15, -0.1) is 21.5 Å². The molecule has 0 saturated heterocycles. The van der Waals surface area contributed by atoms with Crippen molar-refractivity contribution < 1.29 is 4.39 Å². The Balaban J connectivity index is 1.58. The third-order valence-electron chi connectivity index (χ3n) is 5.88. The Bertz CT molecular complexity index is 1500. The molecule has 0 spiro atoms. The summed E-state index contributed by atoms with van der Waals surface area (Å²) in [5.41, 5.74) is 2.95. The van der Waals surface area contributed by atoms with Gasteiger partial charge in [0, 0.05) is 10.6 Å². The van der Waals surface area contributed by atoms with Gasteiger partial charge in [0.05, 0.1) is 11.1 Å². The van der Waals surface area contributed by atoms with Crippen molar-refractivity contribution in [2.24, 2.45) is 0 Å². The van der Waals surface area contributed by atoms with Gasteiger partial charge in [-0.2, -0.15) is 0 Å². The molecule has 0 N–H and O–H groups in total. The molecule has 1 aliphatic rings. The Hall–Kier alpha value is -2.97. The zero-order chi connectivity index (χ0) is 21.7. The van der Waals surface area contributed by atoms with E-state index in [2.05, 4.69) is 10.2 Å². The van der Waals surface area contributed by atoms with E-state index in [0.29, 0.717) is 11.5 Å². The molecule has 1 aliphatic carbocycles. The second kappa shape index (κ2) is 7.86. The van der Waals surface area contributed by atoms with E-state index in [0.717, 1.165) is 52.3 Å². The second-order valence-electron chi connectivity index (χ2n) is 7.90. The zero-order valence-electron chi connectivity index (χ0n) is 17.1. The van der Waals surface area contributed by atoms with Gasteiger partial charge in [0.1, 0.15) is 10.6 Å². The van der Waals surface area contributed by atoms with Crippen LogP contribution in [0.4, 0.5) is 4.39 Å². The first-order valence-electron chi connectivity index (χ1n) is 10.6. The normalized spacial score (nSPS) is 13.7. The van der Waals surface area contributed by atoms with Crippen LogP contribution >= 0.6 is 23.1 Å². The summed E-state index contributed by atoms with van der Waals surface area (Å²) < 4.78 is 17.0. The number of aryl methyl sites for hydroxylation is 2. The van der Waals surface area contributed by atoms with Crippen molar-refractivity contribution in [3.8, 4) is 5.69 Å². The molecule has 0 aliphatic heterocycles. The van der Waals surface area contributed by atoms with Crippen molar-refractivity contribution in [1.82, 2.24) is 19.2 Å². The monoisotopic (exact) mass is 462 g/mol. The first-order chi connectivity index (χ1) is 15.7. The Morgan fingerprint density at radius 2 is 1.78 bits per heavy atom. The van der Waals surface area contributed by atoms with Crippen molar-refractivity contribution in [3.05, 3.63) is 86.8 Å². The fourth-order valence-electron chi connectivity index (χ4n) is 4.35. The number of thioether (sulfide) groups is 1. The summed E-state index contributed by atoms with van der Waals surface area (Å²) in [5.74, 6) is 0.913. The molecule has 6 rings (SSSR count). The van der Waals surface area contributed by atoms with E-state index in [1.165, 1.54) is 22.6 Å². The van der Waals surface area contributed by atoms with Crippen molar-refractivity contribution in [2.45, 2.75) is 36.6 Å². The molecule has 2 aromatic carbocycles. The maximum atomic E-state index is 13.7. The summed E-state index contributed by atoms with van der Waals surface area (Å²) in [6, 6.07) is 16.1. The average Bonchev–Trinajstić information content (AvgIpc) is 3.41. The number of halogens is 1. The van der Waals surface area contributed by atoms with Gasteiger partial charge in [-0.25, -0.2) is 13.4 Å². The van der Waals surface area contributed by atoms with Gasteiger partial charge in [0.25, 0.3) is 5.56 Å². The SMILES string of the molecule is O=c1c2c3c(sc2n2c(SCc4ccc(F)cc4)nnc2n1-c1ccccc1)CCCC3. The molecular weight excluding hydrogens is 443 g/mol. The molecule has 0 saturated carbocycles. The number of hydrogen-bond donors (Lipinski definition) is 0. The summed E-state index contributed by atoms with van der Waals surface area (Å²) in [7, 11) is 0. The van der Waals surface area contributed by atoms with Gasteiger partial charge >= 0.3 is 0 Å². The predicted molar refractivity (Wildman–Crippen MR) is 127 cm³/mol. The van der Waals surface area contributed by atoms with Crippen LogP contribution < -0.4 is 5.56 Å². The van der Waals surface area contributed by atoms with E-state index in [9.17, 15) is 9.18 Å². The number of thiophene rings is 1. The number of nitrogens with zero attached hydrogens (tertiary/aromatic N) is 4. The van der Waals surface area contributed by atoms with Gasteiger partial charge in [0.2, 0.25) is 5.78 Å². The number of rotatable bonds is 4. The van der Waals surface area contributed by atoms with Crippen molar-refractivity contribution in [1.29, 1.82) is 0 Å². The molecule has 5 nitrogen and oxygen atoms in total. The van der Waals surface area contributed by atoms with Crippen LogP contribution in [0.5, 0.6) is 0 Å².